The fourth-order valence-electron chi connectivity index (χ4n) is 4.20. The minimum absolute atomic E-state index is 0.0983. The van der Waals surface area contributed by atoms with Gasteiger partial charge in [0.1, 0.15) is 0 Å². The molecule has 2 saturated heterocycles. The zero-order chi connectivity index (χ0) is 21.3. The number of anilines is 1. The second-order valence-corrected chi connectivity index (χ2v) is 10.7. The zero-order valence-corrected chi connectivity index (χ0v) is 18.8. The predicted molar refractivity (Wildman–Crippen MR) is 117 cm³/mol. The van der Waals surface area contributed by atoms with Crippen molar-refractivity contribution in [3.63, 3.8) is 0 Å². The standard InChI is InChI=1S/C21H27N3O4S2/c1-15-12-23(13-16(2)28-15)30(26,27)19-7-5-18(6-8-19)22-21(25)24-10-3-4-20(24)17-9-11-29-14-17/h5-9,11,14-16,20H,3-4,10,12-13H2,1-2H3,(H,22,25)/t15-,16+,20-/m0/s1. The maximum Gasteiger partial charge on any atom is 0.322 e. The first kappa shape index (κ1) is 21.3. The second kappa shape index (κ2) is 8.66. The number of carbonyl (C=O) groups is 1. The van der Waals surface area contributed by atoms with Gasteiger partial charge >= 0.3 is 6.03 Å². The molecule has 0 unspecified atom stereocenters. The number of rotatable bonds is 4. The van der Waals surface area contributed by atoms with Gasteiger partial charge in [0.05, 0.1) is 23.1 Å². The van der Waals surface area contributed by atoms with E-state index in [4.69, 9.17) is 4.74 Å². The normalized spacial score (nSPS) is 25.4. The smallest absolute Gasteiger partial charge is 0.322 e. The number of ether oxygens (including phenoxy) is 1. The molecule has 2 aliphatic heterocycles. The number of hydrogen-bond acceptors (Lipinski definition) is 5. The lowest BCUT2D eigenvalue weighted by molar-refractivity contribution is -0.0440. The number of likely N-dealkylation sites (tertiary alicyclic amines) is 1. The molecule has 0 radical (unpaired) electrons. The lowest BCUT2D eigenvalue weighted by atomic mass is 10.1. The zero-order valence-electron chi connectivity index (χ0n) is 17.2. The van der Waals surface area contributed by atoms with E-state index in [1.807, 2.05) is 24.1 Å². The van der Waals surface area contributed by atoms with Crippen molar-refractivity contribution in [1.82, 2.24) is 9.21 Å². The molecule has 9 heteroatoms. The van der Waals surface area contributed by atoms with Gasteiger partial charge in [0.15, 0.2) is 0 Å². The van der Waals surface area contributed by atoms with Crippen molar-refractivity contribution >= 4 is 33.1 Å². The largest absolute Gasteiger partial charge is 0.373 e. The van der Waals surface area contributed by atoms with Crippen LogP contribution in [0.4, 0.5) is 10.5 Å². The summed E-state index contributed by atoms with van der Waals surface area (Å²) in [5.41, 5.74) is 1.75. The van der Waals surface area contributed by atoms with Crippen LogP contribution in [0.5, 0.6) is 0 Å². The molecule has 1 N–H and O–H groups in total. The molecular formula is C21H27N3O4S2. The molecule has 3 heterocycles. The third kappa shape index (κ3) is 4.39. The SMILES string of the molecule is C[C@@H]1CN(S(=O)(=O)c2ccc(NC(=O)N3CCC[C@H]3c3ccsc3)cc2)C[C@H](C)O1. The highest BCUT2D eigenvalue weighted by Gasteiger charge is 2.33. The van der Waals surface area contributed by atoms with Gasteiger partial charge in [0.25, 0.3) is 0 Å². The van der Waals surface area contributed by atoms with Gasteiger partial charge in [0.2, 0.25) is 10.0 Å². The van der Waals surface area contributed by atoms with Gasteiger partial charge in [-0.05, 0) is 73.3 Å². The molecule has 30 heavy (non-hydrogen) atoms. The number of nitrogens with one attached hydrogen (secondary N) is 1. The highest BCUT2D eigenvalue weighted by molar-refractivity contribution is 7.89. The van der Waals surface area contributed by atoms with E-state index in [0.717, 1.165) is 12.8 Å². The van der Waals surface area contributed by atoms with Crippen LogP contribution in [0.25, 0.3) is 0 Å². The van der Waals surface area contributed by atoms with Gasteiger partial charge in [-0.3, -0.25) is 0 Å². The molecule has 1 aromatic carbocycles. The van der Waals surface area contributed by atoms with E-state index in [0.29, 0.717) is 25.3 Å². The Morgan fingerprint density at radius 1 is 1.13 bits per heavy atom. The van der Waals surface area contributed by atoms with Gasteiger partial charge in [-0.25, -0.2) is 13.2 Å². The summed E-state index contributed by atoms with van der Waals surface area (Å²) in [6.07, 6.45) is 1.65. The van der Waals surface area contributed by atoms with Crippen LogP contribution in [-0.4, -0.2) is 55.5 Å². The number of hydrogen-bond donors (Lipinski definition) is 1. The lowest BCUT2D eigenvalue weighted by Crippen LogP contribution is -2.48. The average molecular weight is 450 g/mol. The van der Waals surface area contributed by atoms with E-state index in [9.17, 15) is 13.2 Å². The Bertz CT molecular complexity index is 966. The Balaban J connectivity index is 1.44. The minimum Gasteiger partial charge on any atom is -0.373 e. The quantitative estimate of drug-likeness (QED) is 0.767. The molecule has 2 aliphatic rings. The van der Waals surface area contributed by atoms with Crippen molar-refractivity contribution in [2.75, 3.05) is 25.0 Å². The van der Waals surface area contributed by atoms with Crippen molar-refractivity contribution < 1.29 is 17.9 Å². The Hall–Kier alpha value is -1.94. The molecule has 0 saturated carbocycles. The van der Waals surface area contributed by atoms with Crippen LogP contribution >= 0.6 is 11.3 Å². The summed E-state index contributed by atoms with van der Waals surface area (Å²) in [5.74, 6) is 0. The van der Waals surface area contributed by atoms with Gasteiger partial charge in [0, 0.05) is 25.3 Å². The number of sulfonamides is 1. The van der Waals surface area contributed by atoms with Crippen molar-refractivity contribution in [3.05, 3.63) is 46.7 Å². The summed E-state index contributed by atoms with van der Waals surface area (Å²) >= 11 is 1.63. The molecule has 162 valence electrons. The van der Waals surface area contributed by atoms with Crippen molar-refractivity contribution in [2.24, 2.45) is 0 Å². The molecule has 4 rings (SSSR count). The molecule has 2 amide bonds. The molecule has 7 nitrogen and oxygen atoms in total. The van der Waals surface area contributed by atoms with E-state index in [2.05, 4.69) is 16.8 Å². The fraction of sp³-hybridized carbons (Fsp3) is 0.476. The van der Waals surface area contributed by atoms with Crippen molar-refractivity contribution in [2.45, 2.75) is 49.8 Å². The van der Waals surface area contributed by atoms with Crippen LogP contribution < -0.4 is 5.32 Å². The molecule has 3 atom stereocenters. The van der Waals surface area contributed by atoms with Crippen LogP contribution in [0.3, 0.4) is 0 Å². The van der Waals surface area contributed by atoms with Crippen LogP contribution in [0.15, 0.2) is 46.0 Å². The summed E-state index contributed by atoms with van der Waals surface area (Å²) in [4.78, 5) is 14.9. The third-order valence-corrected chi connectivity index (χ3v) is 8.12. The molecule has 0 spiro atoms. The number of thiophene rings is 1. The highest BCUT2D eigenvalue weighted by Crippen LogP contribution is 2.33. The summed E-state index contributed by atoms with van der Waals surface area (Å²) in [6, 6.07) is 8.40. The molecule has 1 aromatic heterocycles. The van der Waals surface area contributed by atoms with E-state index < -0.39 is 10.0 Å². The number of urea groups is 1. The molecule has 0 bridgehead atoms. The Kier molecular flexibility index (Phi) is 6.15. The predicted octanol–water partition coefficient (Wildman–Crippen LogP) is 3.92. The third-order valence-electron chi connectivity index (χ3n) is 5.57. The van der Waals surface area contributed by atoms with Crippen LogP contribution in [-0.2, 0) is 14.8 Å². The topological polar surface area (TPSA) is 79.0 Å². The Labute approximate surface area is 181 Å². The van der Waals surface area contributed by atoms with Gasteiger partial charge in [-0.1, -0.05) is 0 Å². The maximum absolute atomic E-state index is 13.0. The maximum atomic E-state index is 13.0. The average Bonchev–Trinajstić information content (AvgIpc) is 3.39. The van der Waals surface area contributed by atoms with Gasteiger partial charge in [-0.15, -0.1) is 0 Å². The van der Waals surface area contributed by atoms with Crippen LogP contribution in [0.1, 0.15) is 38.3 Å². The molecule has 2 fully saturated rings. The first-order valence-electron chi connectivity index (χ1n) is 10.2. The minimum atomic E-state index is -3.60. The summed E-state index contributed by atoms with van der Waals surface area (Å²) in [7, 11) is -3.60. The number of morpholine rings is 1. The van der Waals surface area contributed by atoms with Crippen molar-refractivity contribution in [1.29, 1.82) is 0 Å². The monoisotopic (exact) mass is 449 g/mol. The first-order valence-corrected chi connectivity index (χ1v) is 12.6. The molecule has 0 aliphatic carbocycles. The second-order valence-electron chi connectivity index (χ2n) is 7.94. The summed E-state index contributed by atoms with van der Waals surface area (Å²) < 4.78 is 33.0. The molecular weight excluding hydrogens is 422 g/mol. The Morgan fingerprint density at radius 2 is 1.83 bits per heavy atom. The van der Waals surface area contributed by atoms with E-state index >= 15 is 0 Å². The Morgan fingerprint density at radius 3 is 2.47 bits per heavy atom. The molecule has 2 aromatic rings. The fourth-order valence-corrected chi connectivity index (χ4v) is 6.50. The highest BCUT2D eigenvalue weighted by atomic mass is 32.2. The number of nitrogens with zero attached hydrogens (tertiary/aromatic N) is 2. The van der Waals surface area contributed by atoms with Gasteiger partial charge < -0.3 is 15.0 Å². The van der Waals surface area contributed by atoms with Gasteiger partial charge in [-0.2, -0.15) is 15.6 Å². The number of carbonyl (C=O) groups excluding carboxylic acids is 1. The van der Waals surface area contributed by atoms with E-state index in [1.54, 1.807) is 35.6 Å². The van der Waals surface area contributed by atoms with Crippen LogP contribution in [0, 0.1) is 0 Å². The number of amides is 2. The van der Waals surface area contributed by atoms with E-state index in [1.165, 1.54) is 9.87 Å². The van der Waals surface area contributed by atoms with Crippen molar-refractivity contribution in [3.8, 4) is 0 Å². The summed E-state index contributed by atoms with van der Waals surface area (Å²) in [5, 5.41) is 7.02. The van der Waals surface area contributed by atoms with E-state index in [-0.39, 0.29) is 29.2 Å². The first-order chi connectivity index (χ1) is 14.3. The summed E-state index contributed by atoms with van der Waals surface area (Å²) in [6.45, 7) is 5.14. The van der Waals surface area contributed by atoms with Crippen LogP contribution in [0.2, 0.25) is 0 Å². The lowest BCUT2D eigenvalue weighted by Gasteiger charge is -2.34. The number of benzene rings is 1.